The fourth-order valence-electron chi connectivity index (χ4n) is 3.72. The Morgan fingerprint density at radius 1 is 1.16 bits per heavy atom. The monoisotopic (exact) mass is 441 g/mol. The van der Waals surface area contributed by atoms with Crippen molar-refractivity contribution in [2.45, 2.75) is 38.8 Å². The van der Waals surface area contributed by atoms with Crippen LogP contribution in [0.5, 0.6) is 0 Å². The number of fused-ring (bicyclic) bond motifs is 1. The van der Waals surface area contributed by atoms with Gasteiger partial charge in [-0.25, -0.2) is 28.7 Å². The summed E-state index contributed by atoms with van der Waals surface area (Å²) in [6.07, 6.45) is 2.96. The zero-order chi connectivity index (χ0) is 22.0. The van der Waals surface area contributed by atoms with Crippen LogP contribution in [-0.4, -0.2) is 41.1 Å². The van der Waals surface area contributed by atoms with Gasteiger partial charge in [0.1, 0.15) is 23.5 Å². The van der Waals surface area contributed by atoms with Gasteiger partial charge < -0.3 is 4.90 Å². The normalized spacial score (nSPS) is 14.7. The van der Waals surface area contributed by atoms with Crippen LogP contribution < -0.4 is 4.90 Å². The van der Waals surface area contributed by atoms with Crippen molar-refractivity contribution in [1.82, 2.24) is 9.97 Å². The summed E-state index contributed by atoms with van der Waals surface area (Å²) in [7, 11) is 0. The SMILES string of the molecule is CC(C)N=C=NC1CCN(c2ncnc3c(F)c(-c4ccccc4F)c(Cl)cc23)CC1. The van der Waals surface area contributed by atoms with E-state index in [1.807, 2.05) is 13.8 Å². The highest BCUT2D eigenvalue weighted by Crippen LogP contribution is 2.38. The number of benzene rings is 2. The standard InChI is InChI=1S/C23H22ClF2N5/c1-14(2)27-12-28-15-7-9-31(10-8-15)23-17-11-18(24)20(16-5-3-4-6-19(16)25)21(26)22(17)29-13-30-23/h3-6,11,13-15H,7-10H2,1-2H3. The smallest absolute Gasteiger partial charge is 0.159 e. The van der Waals surface area contributed by atoms with Crippen molar-refractivity contribution in [3.63, 3.8) is 0 Å². The van der Waals surface area contributed by atoms with Gasteiger partial charge in [0.15, 0.2) is 5.82 Å². The second-order valence-corrected chi connectivity index (χ2v) is 8.20. The van der Waals surface area contributed by atoms with E-state index in [1.165, 1.54) is 18.5 Å². The molecule has 0 bridgehead atoms. The van der Waals surface area contributed by atoms with Crippen molar-refractivity contribution in [3.05, 3.63) is 53.3 Å². The Labute approximate surface area is 184 Å². The van der Waals surface area contributed by atoms with Crippen molar-refractivity contribution in [2.75, 3.05) is 18.0 Å². The van der Waals surface area contributed by atoms with Crippen molar-refractivity contribution in [3.8, 4) is 11.1 Å². The van der Waals surface area contributed by atoms with Gasteiger partial charge >= 0.3 is 0 Å². The van der Waals surface area contributed by atoms with Gasteiger partial charge in [0, 0.05) is 29.6 Å². The molecule has 0 radical (unpaired) electrons. The second kappa shape index (κ2) is 9.08. The minimum absolute atomic E-state index is 0.00871. The van der Waals surface area contributed by atoms with Crippen LogP contribution in [-0.2, 0) is 0 Å². The maximum atomic E-state index is 15.4. The molecule has 3 aromatic rings. The molecule has 1 aromatic heterocycles. The van der Waals surface area contributed by atoms with Crippen molar-refractivity contribution in [2.24, 2.45) is 9.98 Å². The van der Waals surface area contributed by atoms with Crippen LogP contribution in [0.4, 0.5) is 14.6 Å². The van der Waals surface area contributed by atoms with Gasteiger partial charge in [-0.2, -0.15) is 0 Å². The molecular formula is C23H22ClF2N5. The maximum Gasteiger partial charge on any atom is 0.159 e. The molecule has 8 heteroatoms. The zero-order valence-corrected chi connectivity index (χ0v) is 18.1. The van der Waals surface area contributed by atoms with E-state index in [-0.39, 0.29) is 33.7 Å². The maximum absolute atomic E-state index is 15.4. The molecule has 1 fully saturated rings. The molecule has 0 saturated carbocycles. The van der Waals surface area contributed by atoms with Crippen molar-refractivity contribution < 1.29 is 8.78 Å². The molecule has 0 N–H and O–H groups in total. The molecule has 0 aliphatic carbocycles. The molecule has 1 aliphatic rings. The van der Waals surface area contributed by atoms with Crippen LogP contribution in [0.15, 0.2) is 46.6 Å². The zero-order valence-electron chi connectivity index (χ0n) is 17.3. The minimum Gasteiger partial charge on any atom is -0.356 e. The van der Waals surface area contributed by atoms with E-state index >= 15 is 4.39 Å². The highest BCUT2D eigenvalue weighted by Gasteiger charge is 2.24. The van der Waals surface area contributed by atoms with Gasteiger partial charge in [0.2, 0.25) is 0 Å². The molecule has 0 amide bonds. The van der Waals surface area contributed by atoms with E-state index in [9.17, 15) is 4.39 Å². The van der Waals surface area contributed by atoms with Gasteiger partial charge in [0.25, 0.3) is 0 Å². The van der Waals surface area contributed by atoms with E-state index in [1.54, 1.807) is 18.2 Å². The van der Waals surface area contributed by atoms with Crippen LogP contribution in [0.1, 0.15) is 26.7 Å². The molecule has 31 heavy (non-hydrogen) atoms. The predicted octanol–water partition coefficient (Wildman–Crippen LogP) is 5.78. The number of anilines is 1. The largest absolute Gasteiger partial charge is 0.356 e. The summed E-state index contributed by atoms with van der Waals surface area (Å²) < 4.78 is 29.7. The van der Waals surface area contributed by atoms with Crippen LogP contribution in [0.3, 0.4) is 0 Å². The molecule has 1 saturated heterocycles. The number of aromatic nitrogens is 2. The van der Waals surface area contributed by atoms with Gasteiger partial charge in [-0.3, -0.25) is 0 Å². The quantitative estimate of drug-likeness (QED) is 0.482. The van der Waals surface area contributed by atoms with E-state index < -0.39 is 11.6 Å². The third-order valence-electron chi connectivity index (χ3n) is 5.26. The molecular weight excluding hydrogens is 420 g/mol. The first-order chi connectivity index (χ1) is 15.0. The van der Waals surface area contributed by atoms with Crippen LogP contribution >= 0.6 is 11.6 Å². The first-order valence-corrected chi connectivity index (χ1v) is 10.6. The number of piperidine rings is 1. The van der Waals surface area contributed by atoms with Crippen LogP contribution in [0.2, 0.25) is 5.02 Å². The second-order valence-electron chi connectivity index (χ2n) is 7.79. The molecule has 0 spiro atoms. The lowest BCUT2D eigenvalue weighted by molar-refractivity contribution is 0.502. The van der Waals surface area contributed by atoms with Gasteiger partial charge in [0.05, 0.1) is 23.1 Å². The number of nitrogens with zero attached hydrogens (tertiary/aromatic N) is 5. The van der Waals surface area contributed by atoms with Crippen LogP contribution in [0.25, 0.3) is 22.0 Å². The van der Waals surface area contributed by atoms with Gasteiger partial charge in [-0.1, -0.05) is 29.8 Å². The minimum atomic E-state index is -0.652. The Hall–Kier alpha value is -2.89. The lowest BCUT2D eigenvalue weighted by atomic mass is 10.0. The third-order valence-corrected chi connectivity index (χ3v) is 5.56. The van der Waals surface area contributed by atoms with E-state index in [4.69, 9.17) is 11.6 Å². The van der Waals surface area contributed by atoms with Crippen LogP contribution in [0, 0.1) is 11.6 Å². The van der Waals surface area contributed by atoms with Gasteiger partial charge in [-0.05, 0) is 38.8 Å². The summed E-state index contributed by atoms with van der Waals surface area (Å²) in [6, 6.07) is 10.7. The third kappa shape index (κ3) is 4.43. The van der Waals surface area contributed by atoms with E-state index in [2.05, 4.69) is 30.9 Å². The summed E-state index contributed by atoms with van der Waals surface area (Å²) in [5.74, 6) is -0.578. The summed E-state index contributed by atoms with van der Waals surface area (Å²) >= 11 is 6.42. The van der Waals surface area contributed by atoms with E-state index in [0.29, 0.717) is 24.3 Å². The Morgan fingerprint density at radius 2 is 1.90 bits per heavy atom. The highest BCUT2D eigenvalue weighted by molar-refractivity contribution is 6.34. The average molecular weight is 442 g/mol. The molecule has 160 valence electrons. The molecule has 2 heterocycles. The Kier molecular flexibility index (Phi) is 6.25. The fourth-order valence-corrected chi connectivity index (χ4v) is 4.01. The number of hydrogen-bond acceptors (Lipinski definition) is 5. The molecule has 0 atom stereocenters. The molecule has 0 unspecified atom stereocenters. The number of hydrogen-bond donors (Lipinski definition) is 0. The molecule has 4 rings (SSSR count). The average Bonchev–Trinajstić information content (AvgIpc) is 2.75. The Morgan fingerprint density at radius 3 is 2.61 bits per heavy atom. The Balaban J connectivity index is 1.67. The first kappa shape index (κ1) is 21.3. The number of halogens is 3. The summed E-state index contributed by atoms with van der Waals surface area (Å²) in [6.45, 7) is 5.37. The predicted molar refractivity (Wildman–Crippen MR) is 120 cm³/mol. The molecule has 5 nitrogen and oxygen atoms in total. The summed E-state index contributed by atoms with van der Waals surface area (Å²) in [5, 5.41) is 0.629. The van der Waals surface area contributed by atoms with E-state index in [0.717, 1.165) is 12.8 Å². The van der Waals surface area contributed by atoms with Crippen molar-refractivity contribution >= 4 is 34.3 Å². The lowest BCUT2D eigenvalue weighted by Crippen LogP contribution is -2.36. The van der Waals surface area contributed by atoms with Crippen molar-refractivity contribution in [1.29, 1.82) is 0 Å². The van der Waals surface area contributed by atoms with Gasteiger partial charge in [-0.15, -0.1) is 0 Å². The Bertz CT molecular complexity index is 1170. The number of rotatable bonds is 4. The number of aliphatic imine (C=N–C) groups is 2. The molecule has 2 aromatic carbocycles. The highest BCUT2D eigenvalue weighted by atomic mass is 35.5. The molecule has 1 aliphatic heterocycles. The summed E-state index contributed by atoms with van der Waals surface area (Å²) in [5.41, 5.74) is 0.236. The fraction of sp³-hybridized carbons (Fsp3) is 0.348. The lowest BCUT2D eigenvalue weighted by Gasteiger charge is -2.31. The first-order valence-electron chi connectivity index (χ1n) is 10.2. The summed E-state index contributed by atoms with van der Waals surface area (Å²) in [4.78, 5) is 19.2. The topological polar surface area (TPSA) is 53.7 Å².